The number of aromatic nitrogens is 3. The van der Waals surface area contributed by atoms with Gasteiger partial charge in [0.15, 0.2) is 0 Å². The lowest BCUT2D eigenvalue weighted by Gasteiger charge is -2.42. The highest BCUT2D eigenvalue weighted by Crippen LogP contribution is 2.67. The van der Waals surface area contributed by atoms with E-state index in [4.69, 9.17) is 6.58 Å². The molecule has 0 bridgehead atoms. The van der Waals surface area contributed by atoms with Crippen molar-refractivity contribution in [2.45, 2.75) is 50.0 Å². The topological polar surface area (TPSA) is 26.8 Å². The average Bonchev–Trinajstić information content (AvgIpc) is 1.83. The van der Waals surface area contributed by atoms with Crippen molar-refractivity contribution >= 4 is 67.0 Å². The van der Waals surface area contributed by atoms with Crippen LogP contribution in [0.3, 0.4) is 0 Å². The zero-order valence-corrected chi connectivity index (χ0v) is 46.2. The van der Waals surface area contributed by atoms with Crippen LogP contribution in [0, 0.1) is 5.92 Å². The monoisotopic (exact) mass is 1050 g/mol. The molecule has 0 saturated heterocycles. The van der Waals surface area contributed by atoms with Gasteiger partial charge in [0.25, 0.3) is 0 Å². The summed E-state index contributed by atoms with van der Waals surface area (Å²) in [6, 6.07) is 69.9. The standard InChI is InChI=1S/C78H62N4/c1-3-65-57(27-22-23-47-79-69-34-16-10-26-56(69)53-24-6-4-7-25-53)58-43-41-54(81-72-37-18-12-30-61(72)62-31-13-19-38-73(62)81)49-67(58)78(65)68-50-55(82-74-39-20-14-32-63(74)64-33-15-21-40-75(64)82)42-44-66(68)77(2)46-45-52(48-76(77)78)51-80-70-35-9-5-8-28-59(70)60-29-11-17-36-71(60)80/h3-16,18-22,24-34,37-46,48-50,76,79H,1,17,23,35-36,47,51H2,2H3/b27-22-. The van der Waals surface area contributed by atoms with Crippen LogP contribution in [0.2, 0.25) is 0 Å². The van der Waals surface area contributed by atoms with Crippen LogP contribution in [0.15, 0.2) is 267 Å². The summed E-state index contributed by atoms with van der Waals surface area (Å²) in [6.45, 7) is 8.98. The number of para-hydroxylation sites is 5. The molecule has 3 heterocycles. The molecule has 0 saturated carbocycles. The Morgan fingerprint density at radius 2 is 1.21 bits per heavy atom. The first kappa shape index (κ1) is 48.3. The lowest BCUT2D eigenvalue weighted by molar-refractivity contribution is 0.366. The van der Waals surface area contributed by atoms with Crippen molar-refractivity contribution in [3.63, 3.8) is 0 Å². The molecule has 1 spiro atoms. The normalized spacial score (nSPS) is 19.3. The van der Waals surface area contributed by atoms with E-state index in [-0.39, 0.29) is 11.3 Å². The van der Waals surface area contributed by atoms with Crippen molar-refractivity contribution in [1.29, 1.82) is 0 Å². The Labute approximate surface area is 479 Å². The second-order valence-corrected chi connectivity index (χ2v) is 23.1. The Bertz CT molecular complexity index is 4600. The predicted octanol–water partition coefficient (Wildman–Crippen LogP) is 18.8. The summed E-state index contributed by atoms with van der Waals surface area (Å²) in [6.07, 6.45) is 32.5. The molecule has 16 rings (SSSR count). The fourth-order valence-electron chi connectivity index (χ4n) is 15.4. The lowest BCUT2D eigenvalue weighted by Crippen LogP contribution is -2.40. The summed E-state index contributed by atoms with van der Waals surface area (Å²) in [5.41, 5.74) is 24.4. The maximum absolute atomic E-state index is 4.87. The lowest BCUT2D eigenvalue weighted by atomic mass is 9.60. The highest BCUT2D eigenvalue weighted by molar-refractivity contribution is 6.10. The van der Waals surface area contributed by atoms with Crippen LogP contribution in [-0.4, -0.2) is 20.2 Å². The van der Waals surface area contributed by atoms with Gasteiger partial charge in [0.1, 0.15) is 0 Å². The third-order valence-corrected chi connectivity index (χ3v) is 18.9. The summed E-state index contributed by atoms with van der Waals surface area (Å²) in [7, 11) is 0. The highest BCUT2D eigenvalue weighted by Gasteiger charge is 2.62. The van der Waals surface area contributed by atoms with Crippen molar-refractivity contribution in [3.8, 4) is 22.5 Å². The molecule has 5 aliphatic carbocycles. The summed E-state index contributed by atoms with van der Waals surface area (Å²) in [4.78, 5) is 0. The second kappa shape index (κ2) is 19.0. The van der Waals surface area contributed by atoms with Gasteiger partial charge in [-0.2, -0.15) is 0 Å². The number of anilines is 1. The molecule has 4 nitrogen and oxygen atoms in total. The molecule has 4 heteroatoms. The van der Waals surface area contributed by atoms with Gasteiger partial charge in [-0.3, -0.25) is 0 Å². The van der Waals surface area contributed by atoms with Gasteiger partial charge in [-0.1, -0.05) is 220 Å². The van der Waals surface area contributed by atoms with Crippen molar-refractivity contribution in [2.24, 2.45) is 5.92 Å². The predicted molar refractivity (Wildman–Crippen MR) is 345 cm³/mol. The Morgan fingerprint density at radius 1 is 0.585 bits per heavy atom. The summed E-state index contributed by atoms with van der Waals surface area (Å²) >= 11 is 0. The van der Waals surface area contributed by atoms with Crippen molar-refractivity contribution < 1.29 is 0 Å². The minimum Gasteiger partial charge on any atom is -0.384 e. The maximum atomic E-state index is 4.87. The molecule has 0 radical (unpaired) electrons. The van der Waals surface area contributed by atoms with Gasteiger partial charge in [0, 0.05) is 97.5 Å². The molecule has 0 fully saturated rings. The first-order chi connectivity index (χ1) is 40.5. The zero-order valence-electron chi connectivity index (χ0n) is 46.2. The third kappa shape index (κ3) is 7.10. The molecule has 82 heavy (non-hydrogen) atoms. The Kier molecular flexibility index (Phi) is 11.2. The van der Waals surface area contributed by atoms with E-state index < -0.39 is 5.41 Å². The van der Waals surface area contributed by atoms with Crippen LogP contribution in [0.25, 0.3) is 83.8 Å². The molecule has 0 aliphatic heterocycles. The summed E-state index contributed by atoms with van der Waals surface area (Å²) in [5.74, 6) is -0.00436. The number of hydrogen-bond donors (Lipinski definition) is 1. The van der Waals surface area contributed by atoms with Crippen LogP contribution in [0.4, 0.5) is 5.69 Å². The van der Waals surface area contributed by atoms with Crippen molar-refractivity contribution in [2.75, 3.05) is 11.9 Å². The Balaban J connectivity index is 0.924. The number of nitrogens with zero attached hydrogens (tertiary/aromatic N) is 3. The quantitative estimate of drug-likeness (QED) is 0.128. The molecule has 3 atom stereocenters. The van der Waals surface area contributed by atoms with E-state index in [1.165, 1.54) is 116 Å². The number of hydrogen-bond acceptors (Lipinski definition) is 1. The van der Waals surface area contributed by atoms with E-state index in [0.29, 0.717) is 0 Å². The molecule has 8 aromatic carbocycles. The fraction of sp³-hybridized carbons (Fsp3) is 0.128. The van der Waals surface area contributed by atoms with Crippen molar-refractivity contribution in [3.05, 3.63) is 311 Å². The minimum atomic E-state index is -0.644. The molecule has 5 aliphatic rings. The molecule has 11 aromatic rings. The average molecular weight is 1060 g/mol. The van der Waals surface area contributed by atoms with Gasteiger partial charge in [0.05, 0.1) is 27.5 Å². The largest absolute Gasteiger partial charge is 0.384 e. The number of rotatable bonds is 11. The first-order valence-corrected chi connectivity index (χ1v) is 29.4. The summed E-state index contributed by atoms with van der Waals surface area (Å²) < 4.78 is 7.68. The van der Waals surface area contributed by atoms with Crippen molar-refractivity contribution in [1.82, 2.24) is 13.7 Å². The number of allylic oxidation sites excluding steroid dienone is 12. The Hall–Kier alpha value is -9.64. The van der Waals surface area contributed by atoms with Crippen LogP contribution in [-0.2, 0) is 30.2 Å². The summed E-state index contributed by atoms with van der Waals surface area (Å²) in [5, 5.41) is 8.86. The van der Waals surface area contributed by atoms with Gasteiger partial charge in [0.2, 0.25) is 0 Å². The molecular formula is C78H62N4. The van der Waals surface area contributed by atoms with Crippen LogP contribution in [0.5, 0.6) is 0 Å². The van der Waals surface area contributed by atoms with Gasteiger partial charge < -0.3 is 19.0 Å². The SMILES string of the molecule is C=CC1=C(/C=C\CCNc2ccccc2-c2ccccc2)c2ccc(-n3c4ccccc4c4ccccc43)cc2C12c1cc(-n3c4ccccc4c4ccccc43)ccc1C1(C)C=CC(Cn3c4c(c5c3CCC=C5)C=CC=CC4)=CC12. The molecule has 3 aromatic heterocycles. The third-order valence-electron chi connectivity index (χ3n) is 18.9. The van der Waals surface area contributed by atoms with E-state index >= 15 is 0 Å². The molecule has 394 valence electrons. The van der Waals surface area contributed by atoms with Crippen LogP contribution < -0.4 is 5.32 Å². The van der Waals surface area contributed by atoms with Crippen LogP contribution >= 0.6 is 0 Å². The number of benzene rings is 8. The van der Waals surface area contributed by atoms with Gasteiger partial charge in [-0.05, 0) is 118 Å². The van der Waals surface area contributed by atoms with E-state index in [0.717, 1.165) is 55.8 Å². The van der Waals surface area contributed by atoms with E-state index in [9.17, 15) is 0 Å². The first-order valence-electron chi connectivity index (χ1n) is 29.4. The minimum absolute atomic E-state index is 0.00436. The highest BCUT2D eigenvalue weighted by atomic mass is 15.0. The van der Waals surface area contributed by atoms with Gasteiger partial charge in [-0.15, -0.1) is 0 Å². The molecule has 1 N–H and O–H groups in total. The number of fused-ring (bicyclic) bond motifs is 16. The number of nitrogens with one attached hydrogen (secondary N) is 1. The van der Waals surface area contributed by atoms with Gasteiger partial charge >= 0.3 is 0 Å². The maximum Gasteiger partial charge on any atom is 0.0542 e. The Morgan fingerprint density at radius 3 is 1.90 bits per heavy atom. The zero-order chi connectivity index (χ0) is 54.5. The molecule has 0 amide bonds. The second-order valence-electron chi connectivity index (χ2n) is 23.1. The van der Waals surface area contributed by atoms with Crippen LogP contribution in [0.1, 0.15) is 64.5 Å². The van der Waals surface area contributed by atoms with E-state index in [2.05, 4.69) is 287 Å². The van der Waals surface area contributed by atoms with E-state index in [1.807, 2.05) is 0 Å². The van der Waals surface area contributed by atoms with E-state index in [1.54, 1.807) is 0 Å². The molecule has 3 unspecified atom stereocenters. The molecular weight excluding hydrogens is 993 g/mol. The smallest absolute Gasteiger partial charge is 0.0542 e. The van der Waals surface area contributed by atoms with Gasteiger partial charge in [-0.25, -0.2) is 0 Å². The fourth-order valence-corrected chi connectivity index (χ4v) is 15.4.